The molecule has 3 rings (SSSR count). The molecule has 2 aromatic rings. The fourth-order valence-corrected chi connectivity index (χ4v) is 4.68. The maximum Gasteiger partial charge on any atom is 0.242 e. The highest BCUT2D eigenvalue weighted by Crippen LogP contribution is 2.24. The molecule has 1 saturated carbocycles. The minimum atomic E-state index is -0.626. The van der Waals surface area contributed by atoms with E-state index in [0.29, 0.717) is 28.8 Å². The second-order valence-electron chi connectivity index (χ2n) is 8.90. The fraction of sp³-hybridized carbons (Fsp3) is 0.481. The van der Waals surface area contributed by atoms with E-state index in [4.69, 9.17) is 32.7 Å². The first-order chi connectivity index (χ1) is 16.9. The van der Waals surface area contributed by atoms with E-state index in [9.17, 15) is 9.59 Å². The highest BCUT2D eigenvalue weighted by molar-refractivity contribution is 6.35. The van der Waals surface area contributed by atoms with Gasteiger partial charge in [0.1, 0.15) is 17.5 Å². The van der Waals surface area contributed by atoms with Crippen LogP contribution < -0.4 is 14.8 Å². The lowest BCUT2D eigenvalue weighted by molar-refractivity contribution is -0.141. The molecule has 2 amide bonds. The SMILES string of the molecule is COc1ccc(OCCCC(=O)N(Cc2ccc(Cl)cc2Cl)[C@H](C)C(=O)NC2CCCCC2)cc1. The van der Waals surface area contributed by atoms with Crippen LogP contribution in [0.5, 0.6) is 11.5 Å². The summed E-state index contributed by atoms with van der Waals surface area (Å²) in [5.41, 5.74) is 0.746. The highest BCUT2D eigenvalue weighted by Gasteiger charge is 2.28. The Labute approximate surface area is 217 Å². The highest BCUT2D eigenvalue weighted by atomic mass is 35.5. The van der Waals surface area contributed by atoms with Crippen LogP contribution in [0.3, 0.4) is 0 Å². The molecule has 0 spiro atoms. The summed E-state index contributed by atoms with van der Waals surface area (Å²) >= 11 is 12.4. The van der Waals surface area contributed by atoms with Crippen molar-refractivity contribution in [2.45, 2.75) is 70.5 Å². The van der Waals surface area contributed by atoms with Gasteiger partial charge in [0.2, 0.25) is 11.8 Å². The standard InChI is InChI=1S/C27H34Cl2N2O4/c1-19(27(33)30-22-7-4-3-5-8-22)31(18-20-10-11-21(28)17-25(20)29)26(32)9-6-16-35-24-14-12-23(34-2)13-15-24/h10-15,17,19,22H,3-9,16,18H2,1-2H3,(H,30,33)/t19-/m1/s1. The van der Waals surface area contributed by atoms with Gasteiger partial charge in [0.25, 0.3) is 0 Å². The third-order valence-electron chi connectivity index (χ3n) is 6.34. The Morgan fingerprint density at radius 2 is 1.74 bits per heavy atom. The average molecular weight is 521 g/mol. The van der Waals surface area contributed by atoms with Crippen molar-refractivity contribution in [1.29, 1.82) is 0 Å². The number of halogens is 2. The Kier molecular flexibility index (Phi) is 10.5. The van der Waals surface area contributed by atoms with E-state index in [0.717, 1.165) is 37.0 Å². The molecule has 0 radical (unpaired) electrons. The molecule has 1 N–H and O–H groups in total. The Hall–Kier alpha value is -2.44. The third kappa shape index (κ3) is 8.32. The van der Waals surface area contributed by atoms with Crippen LogP contribution >= 0.6 is 23.2 Å². The average Bonchev–Trinajstić information content (AvgIpc) is 2.86. The summed E-state index contributed by atoms with van der Waals surface area (Å²) < 4.78 is 10.9. The normalized spacial score (nSPS) is 14.7. The predicted molar refractivity (Wildman–Crippen MR) is 139 cm³/mol. The molecule has 0 aromatic heterocycles. The number of hydrogen-bond acceptors (Lipinski definition) is 4. The molecule has 190 valence electrons. The minimum Gasteiger partial charge on any atom is -0.497 e. The van der Waals surface area contributed by atoms with Gasteiger partial charge in [0.15, 0.2) is 0 Å². The summed E-state index contributed by atoms with van der Waals surface area (Å²) in [5.74, 6) is 1.21. The van der Waals surface area contributed by atoms with Crippen molar-refractivity contribution in [1.82, 2.24) is 10.2 Å². The molecule has 1 fully saturated rings. The zero-order valence-corrected chi connectivity index (χ0v) is 21.9. The molecule has 0 aliphatic heterocycles. The monoisotopic (exact) mass is 520 g/mol. The van der Waals surface area contributed by atoms with E-state index in [1.807, 2.05) is 24.3 Å². The number of hydrogen-bond donors (Lipinski definition) is 1. The zero-order valence-electron chi connectivity index (χ0n) is 20.4. The molecule has 1 aliphatic carbocycles. The molecule has 0 bridgehead atoms. The maximum absolute atomic E-state index is 13.3. The van der Waals surface area contributed by atoms with Crippen LogP contribution in [0.25, 0.3) is 0 Å². The first-order valence-corrected chi connectivity index (χ1v) is 12.9. The van der Waals surface area contributed by atoms with Crippen molar-refractivity contribution in [2.24, 2.45) is 0 Å². The van der Waals surface area contributed by atoms with Gasteiger partial charge in [-0.1, -0.05) is 48.5 Å². The minimum absolute atomic E-state index is 0.124. The number of benzene rings is 2. The molecule has 2 aromatic carbocycles. The molecule has 6 nitrogen and oxygen atoms in total. The maximum atomic E-state index is 13.3. The van der Waals surface area contributed by atoms with Crippen LogP contribution in [0.15, 0.2) is 42.5 Å². The second kappa shape index (κ2) is 13.6. The largest absolute Gasteiger partial charge is 0.497 e. The zero-order chi connectivity index (χ0) is 25.2. The Balaban J connectivity index is 1.62. The molecule has 0 saturated heterocycles. The molecule has 8 heteroatoms. The quantitative estimate of drug-likeness (QED) is 0.367. The van der Waals surface area contributed by atoms with Crippen LogP contribution in [0, 0.1) is 0 Å². The van der Waals surface area contributed by atoms with E-state index >= 15 is 0 Å². The van der Waals surface area contributed by atoms with E-state index in [1.54, 1.807) is 37.1 Å². The van der Waals surface area contributed by atoms with Crippen molar-refractivity contribution in [3.8, 4) is 11.5 Å². The second-order valence-corrected chi connectivity index (χ2v) is 9.75. The summed E-state index contributed by atoms with van der Waals surface area (Å²) in [7, 11) is 1.61. The summed E-state index contributed by atoms with van der Waals surface area (Å²) in [6, 6.07) is 12.0. The number of carbonyl (C=O) groups excluding carboxylic acids is 2. The van der Waals surface area contributed by atoms with Crippen molar-refractivity contribution >= 4 is 35.0 Å². The molecule has 0 unspecified atom stereocenters. The predicted octanol–water partition coefficient (Wildman–Crippen LogP) is 6.03. The van der Waals surface area contributed by atoms with Gasteiger partial charge in [0, 0.05) is 29.1 Å². The van der Waals surface area contributed by atoms with Gasteiger partial charge in [-0.2, -0.15) is 0 Å². The number of nitrogens with one attached hydrogen (secondary N) is 1. The summed E-state index contributed by atoms with van der Waals surface area (Å²) in [5, 5.41) is 4.13. The Morgan fingerprint density at radius 1 is 1.06 bits per heavy atom. The number of amides is 2. The van der Waals surface area contributed by atoms with Gasteiger partial charge < -0.3 is 19.7 Å². The van der Waals surface area contributed by atoms with Gasteiger partial charge in [0.05, 0.1) is 13.7 Å². The van der Waals surface area contributed by atoms with Gasteiger partial charge in [-0.15, -0.1) is 0 Å². The molecule has 35 heavy (non-hydrogen) atoms. The van der Waals surface area contributed by atoms with Crippen LogP contribution in [-0.4, -0.2) is 42.5 Å². The van der Waals surface area contributed by atoms with Crippen molar-refractivity contribution < 1.29 is 19.1 Å². The van der Waals surface area contributed by atoms with Crippen LogP contribution in [0.2, 0.25) is 10.0 Å². The summed E-state index contributed by atoms with van der Waals surface area (Å²) in [6.45, 7) is 2.39. The number of methoxy groups -OCH3 is 1. The summed E-state index contributed by atoms with van der Waals surface area (Å²) in [4.78, 5) is 27.9. The number of nitrogens with zero attached hydrogens (tertiary/aromatic N) is 1. The first-order valence-electron chi connectivity index (χ1n) is 12.2. The Morgan fingerprint density at radius 3 is 2.40 bits per heavy atom. The molecule has 1 atom stereocenters. The number of rotatable bonds is 11. The number of ether oxygens (including phenoxy) is 2. The van der Waals surface area contributed by atoms with Gasteiger partial charge in [-0.05, 0) is 68.1 Å². The van der Waals surface area contributed by atoms with Crippen molar-refractivity contribution in [3.63, 3.8) is 0 Å². The van der Waals surface area contributed by atoms with Crippen molar-refractivity contribution in [2.75, 3.05) is 13.7 Å². The third-order valence-corrected chi connectivity index (χ3v) is 6.92. The van der Waals surface area contributed by atoms with E-state index < -0.39 is 6.04 Å². The van der Waals surface area contributed by atoms with Gasteiger partial charge in [-0.3, -0.25) is 9.59 Å². The number of carbonyl (C=O) groups is 2. The Bertz CT molecular complexity index is 978. The van der Waals surface area contributed by atoms with Gasteiger partial charge >= 0.3 is 0 Å². The van der Waals surface area contributed by atoms with E-state index in [1.165, 1.54) is 6.42 Å². The topological polar surface area (TPSA) is 67.9 Å². The van der Waals surface area contributed by atoms with Crippen molar-refractivity contribution in [3.05, 3.63) is 58.1 Å². The summed E-state index contributed by atoms with van der Waals surface area (Å²) in [6.07, 6.45) is 6.19. The first kappa shape index (κ1) is 27.2. The molecular formula is C27H34Cl2N2O4. The van der Waals surface area contributed by atoms with Crippen LogP contribution in [0.4, 0.5) is 0 Å². The fourth-order valence-electron chi connectivity index (χ4n) is 4.21. The lowest BCUT2D eigenvalue weighted by atomic mass is 9.95. The van der Waals surface area contributed by atoms with E-state index in [2.05, 4.69) is 5.32 Å². The van der Waals surface area contributed by atoms with Crippen LogP contribution in [-0.2, 0) is 16.1 Å². The molecule has 1 aliphatic rings. The lowest BCUT2D eigenvalue weighted by Gasteiger charge is -2.31. The van der Waals surface area contributed by atoms with E-state index in [-0.39, 0.29) is 30.8 Å². The lowest BCUT2D eigenvalue weighted by Crippen LogP contribution is -2.50. The molecular weight excluding hydrogens is 487 g/mol. The van der Waals surface area contributed by atoms with Crippen LogP contribution in [0.1, 0.15) is 57.4 Å². The van der Waals surface area contributed by atoms with Gasteiger partial charge in [-0.25, -0.2) is 0 Å². The molecule has 0 heterocycles. The smallest absolute Gasteiger partial charge is 0.242 e.